The van der Waals surface area contributed by atoms with Crippen LogP contribution in [-0.4, -0.2) is 35.6 Å². The zero-order chi connectivity index (χ0) is 25.8. The number of amides is 2. The van der Waals surface area contributed by atoms with Crippen LogP contribution < -0.4 is 16.0 Å². The Labute approximate surface area is 203 Å². The molecule has 36 heavy (non-hydrogen) atoms. The van der Waals surface area contributed by atoms with Gasteiger partial charge in [-0.3, -0.25) is 9.59 Å². The zero-order valence-corrected chi connectivity index (χ0v) is 18.9. The summed E-state index contributed by atoms with van der Waals surface area (Å²) in [6.07, 6.45) is -3.16. The van der Waals surface area contributed by atoms with Crippen LogP contribution in [0.3, 0.4) is 0 Å². The van der Waals surface area contributed by atoms with Crippen molar-refractivity contribution in [3.63, 3.8) is 0 Å². The number of anilines is 2. The third-order valence-corrected chi connectivity index (χ3v) is 5.72. The lowest BCUT2D eigenvalue weighted by Crippen LogP contribution is -2.59. The van der Waals surface area contributed by atoms with Crippen molar-refractivity contribution in [2.45, 2.75) is 24.7 Å². The number of aromatic nitrogens is 1. The number of benzene rings is 2. The first-order chi connectivity index (χ1) is 17.2. The van der Waals surface area contributed by atoms with Crippen LogP contribution in [0.2, 0.25) is 0 Å². The summed E-state index contributed by atoms with van der Waals surface area (Å²) in [5.74, 6) is -1.77. The van der Waals surface area contributed by atoms with E-state index in [2.05, 4.69) is 20.9 Å². The second-order valence-corrected chi connectivity index (χ2v) is 8.26. The molecule has 0 spiro atoms. The van der Waals surface area contributed by atoms with Gasteiger partial charge in [-0.1, -0.05) is 24.3 Å². The predicted octanol–water partition coefficient (Wildman–Crippen LogP) is 4.19. The Morgan fingerprint density at radius 2 is 1.78 bits per heavy atom. The van der Waals surface area contributed by atoms with Crippen molar-refractivity contribution in [3.05, 3.63) is 89.5 Å². The van der Waals surface area contributed by atoms with E-state index in [1.165, 1.54) is 24.3 Å². The van der Waals surface area contributed by atoms with Crippen molar-refractivity contribution >= 4 is 23.2 Å². The van der Waals surface area contributed by atoms with Crippen LogP contribution in [0.4, 0.5) is 28.9 Å². The number of carbonyl (C=O) groups excluding carboxylic acids is 2. The van der Waals surface area contributed by atoms with E-state index in [0.717, 1.165) is 18.3 Å². The number of ether oxygens (including phenoxy) is 1. The Morgan fingerprint density at radius 1 is 1.03 bits per heavy atom. The molecule has 0 saturated carbocycles. The molecule has 0 bridgehead atoms. The lowest BCUT2D eigenvalue weighted by Gasteiger charge is -2.27. The Kier molecular flexibility index (Phi) is 7.20. The second-order valence-electron chi connectivity index (χ2n) is 8.26. The van der Waals surface area contributed by atoms with Crippen LogP contribution in [0.25, 0.3) is 0 Å². The number of alkyl halides is 3. The van der Waals surface area contributed by atoms with E-state index in [4.69, 9.17) is 4.74 Å². The predicted molar refractivity (Wildman–Crippen MR) is 123 cm³/mol. The summed E-state index contributed by atoms with van der Waals surface area (Å²) in [5, 5.41) is 8.21. The number of para-hydroxylation sites is 1. The highest BCUT2D eigenvalue weighted by molar-refractivity contribution is 5.99. The summed E-state index contributed by atoms with van der Waals surface area (Å²) in [4.78, 5) is 29.0. The number of carbonyl (C=O) groups is 2. The first kappa shape index (κ1) is 25.1. The van der Waals surface area contributed by atoms with Crippen LogP contribution in [0.15, 0.2) is 66.9 Å². The first-order valence-electron chi connectivity index (χ1n) is 11.0. The van der Waals surface area contributed by atoms with Crippen LogP contribution in [-0.2, 0) is 22.3 Å². The molecule has 1 saturated heterocycles. The molecule has 7 nitrogen and oxygen atoms in total. The third-order valence-electron chi connectivity index (χ3n) is 5.72. The standard InChI is InChI=1S/C25H22F4N4O3/c26-21-10-7-17(14-30-21)22(34)33-24(11-12-36-15-24)23(35)31-13-16-5-8-18(9-6-16)32-20-4-2-1-3-19(20)25(27,28)29/h1-10,14,32H,11-13,15H2,(H,31,35)(H,33,34). The maximum atomic E-state index is 13.2. The third kappa shape index (κ3) is 5.80. The highest BCUT2D eigenvalue weighted by Gasteiger charge is 2.43. The van der Waals surface area contributed by atoms with E-state index < -0.39 is 35.0 Å². The Hall–Kier alpha value is -3.99. The SMILES string of the molecule is O=C(NC1(C(=O)NCc2ccc(Nc3ccccc3C(F)(F)F)cc2)CCOC1)c1ccc(F)nc1. The Bertz CT molecular complexity index is 1230. The van der Waals surface area contributed by atoms with Crippen LogP contribution >= 0.6 is 0 Å². The van der Waals surface area contributed by atoms with E-state index in [9.17, 15) is 27.2 Å². The van der Waals surface area contributed by atoms with Gasteiger partial charge in [-0.15, -0.1) is 0 Å². The topological polar surface area (TPSA) is 92.4 Å². The molecule has 1 atom stereocenters. The van der Waals surface area contributed by atoms with Crippen LogP contribution in [0, 0.1) is 5.95 Å². The molecule has 1 fully saturated rings. The van der Waals surface area contributed by atoms with Gasteiger partial charge in [0.25, 0.3) is 5.91 Å². The fourth-order valence-corrected chi connectivity index (χ4v) is 3.75. The van der Waals surface area contributed by atoms with E-state index in [-0.39, 0.29) is 37.4 Å². The average Bonchev–Trinajstić information content (AvgIpc) is 3.33. The minimum absolute atomic E-state index is 0.0271. The fourth-order valence-electron chi connectivity index (χ4n) is 3.75. The van der Waals surface area contributed by atoms with Crippen molar-refractivity contribution in [1.82, 2.24) is 15.6 Å². The summed E-state index contributed by atoms with van der Waals surface area (Å²) < 4.78 is 58.0. The van der Waals surface area contributed by atoms with Crippen LogP contribution in [0.5, 0.6) is 0 Å². The number of nitrogens with one attached hydrogen (secondary N) is 3. The molecule has 2 heterocycles. The van der Waals surface area contributed by atoms with E-state index in [0.29, 0.717) is 11.3 Å². The van der Waals surface area contributed by atoms with Crippen molar-refractivity contribution in [2.24, 2.45) is 0 Å². The average molecular weight is 502 g/mol. The van der Waals surface area contributed by atoms with Gasteiger partial charge >= 0.3 is 6.18 Å². The quantitative estimate of drug-likeness (QED) is 0.333. The molecule has 1 unspecified atom stereocenters. The molecule has 188 valence electrons. The van der Waals surface area contributed by atoms with Gasteiger partial charge in [0.1, 0.15) is 5.54 Å². The number of rotatable bonds is 7. The second kappa shape index (κ2) is 10.3. The summed E-state index contributed by atoms with van der Waals surface area (Å²) in [6.45, 7) is 0.365. The number of hydrogen-bond donors (Lipinski definition) is 3. The highest BCUT2D eigenvalue weighted by Crippen LogP contribution is 2.35. The first-order valence-corrected chi connectivity index (χ1v) is 11.0. The number of nitrogens with zero attached hydrogens (tertiary/aromatic N) is 1. The van der Waals surface area contributed by atoms with E-state index in [1.807, 2.05) is 0 Å². The molecule has 2 amide bonds. The molecular formula is C25H22F4N4O3. The van der Waals surface area contributed by atoms with Crippen molar-refractivity contribution < 1.29 is 31.9 Å². The molecule has 1 aliphatic heterocycles. The number of halogens is 4. The van der Waals surface area contributed by atoms with Crippen molar-refractivity contribution in [2.75, 3.05) is 18.5 Å². The highest BCUT2D eigenvalue weighted by atomic mass is 19.4. The van der Waals surface area contributed by atoms with E-state index >= 15 is 0 Å². The summed E-state index contributed by atoms with van der Waals surface area (Å²) in [5.41, 5.74) is -0.895. The molecule has 1 aromatic heterocycles. The van der Waals surface area contributed by atoms with Crippen molar-refractivity contribution in [1.29, 1.82) is 0 Å². The lowest BCUT2D eigenvalue weighted by atomic mass is 9.96. The van der Waals surface area contributed by atoms with E-state index in [1.54, 1.807) is 24.3 Å². The minimum atomic E-state index is -4.49. The number of pyridine rings is 1. The molecule has 4 rings (SSSR count). The zero-order valence-electron chi connectivity index (χ0n) is 18.9. The largest absolute Gasteiger partial charge is 0.418 e. The van der Waals surface area contributed by atoms with Gasteiger partial charge in [-0.05, 0) is 42.0 Å². The van der Waals surface area contributed by atoms with Crippen LogP contribution in [0.1, 0.15) is 27.9 Å². The van der Waals surface area contributed by atoms with Gasteiger partial charge in [0.15, 0.2) is 0 Å². The van der Waals surface area contributed by atoms with Gasteiger partial charge in [0, 0.05) is 31.5 Å². The summed E-state index contributed by atoms with van der Waals surface area (Å²) in [7, 11) is 0. The molecule has 0 aliphatic carbocycles. The molecule has 1 aliphatic rings. The summed E-state index contributed by atoms with van der Waals surface area (Å²) >= 11 is 0. The van der Waals surface area contributed by atoms with Gasteiger partial charge in [-0.2, -0.15) is 17.6 Å². The molecule has 3 aromatic rings. The minimum Gasteiger partial charge on any atom is -0.378 e. The van der Waals surface area contributed by atoms with Gasteiger partial charge < -0.3 is 20.7 Å². The fraction of sp³-hybridized carbons (Fsp3) is 0.240. The smallest absolute Gasteiger partial charge is 0.378 e. The molecule has 3 N–H and O–H groups in total. The van der Waals surface area contributed by atoms with Gasteiger partial charge in [-0.25, -0.2) is 4.98 Å². The monoisotopic (exact) mass is 502 g/mol. The van der Waals surface area contributed by atoms with Crippen molar-refractivity contribution in [3.8, 4) is 0 Å². The lowest BCUT2D eigenvalue weighted by molar-refractivity contribution is -0.137. The molecule has 2 aromatic carbocycles. The molecular weight excluding hydrogens is 480 g/mol. The summed E-state index contributed by atoms with van der Waals surface area (Å²) in [6, 6.07) is 14.0. The number of hydrogen-bond acceptors (Lipinski definition) is 5. The normalized spacial score (nSPS) is 17.4. The maximum absolute atomic E-state index is 13.2. The Balaban J connectivity index is 1.38. The Morgan fingerprint density at radius 3 is 2.42 bits per heavy atom. The molecule has 11 heteroatoms. The van der Waals surface area contributed by atoms with Gasteiger partial charge in [0.2, 0.25) is 11.9 Å². The van der Waals surface area contributed by atoms with Gasteiger partial charge in [0.05, 0.1) is 23.4 Å². The maximum Gasteiger partial charge on any atom is 0.418 e. The molecule has 0 radical (unpaired) electrons.